The lowest BCUT2D eigenvalue weighted by Gasteiger charge is -2.09. The maximum absolute atomic E-state index is 11.6. The van der Waals surface area contributed by atoms with Gasteiger partial charge in [0.1, 0.15) is 5.69 Å². The van der Waals surface area contributed by atoms with E-state index in [0.29, 0.717) is 11.6 Å². The standard InChI is InChI=1S/C22H24N4O/c23-21(27)20-16-19(18-13-7-2-8-14-18)25-22(26-20)24-15-9-3-6-12-17-10-4-1-5-11-17/h1-2,4-5,7-8,10-11,13-14,16H,3,6,9,12,15H2,(H2,23,27)(H,24,25,26). The van der Waals surface area contributed by atoms with Crippen LogP contribution >= 0.6 is 0 Å². The number of nitrogens with two attached hydrogens (primary N) is 1. The summed E-state index contributed by atoms with van der Waals surface area (Å²) in [5, 5.41) is 3.22. The molecular weight excluding hydrogens is 336 g/mol. The molecule has 3 rings (SSSR count). The van der Waals surface area contributed by atoms with Gasteiger partial charge in [-0.15, -0.1) is 0 Å². The molecule has 0 saturated heterocycles. The minimum atomic E-state index is -0.555. The largest absolute Gasteiger partial charge is 0.364 e. The Labute approximate surface area is 159 Å². The highest BCUT2D eigenvalue weighted by Crippen LogP contribution is 2.19. The van der Waals surface area contributed by atoms with Crippen LogP contribution in [0.4, 0.5) is 5.95 Å². The number of aryl methyl sites for hydroxylation is 1. The fourth-order valence-corrected chi connectivity index (χ4v) is 2.89. The fourth-order valence-electron chi connectivity index (χ4n) is 2.89. The van der Waals surface area contributed by atoms with Crippen LogP contribution in [0.25, 0.3) is 11.3 Å². The molecule has 0 atom stereocenters. The molecule has 5 heteroatoms. The summed E-state index contributed by atoms with van der Waals surface area (Å²) in [5.41, 5.74) is 8.62. The summed E-state index contributed by atoms with van der Waals surface area (Å²) < 4.78 is 0. The molecule has 0 saturated carbocycles. The SMILES string of the molecule is NC(=O)c1cc(-c2ccccc2)nc(NCCCCCc2ccccc2)n1. The van der Waals surface area contributed by atoms with Gasteiger partial charge in [-0.05, 0) is 30.9 Å². The van der Waals surface area contributed by atoms with Crippen molar-refractivity contribution in [1.82, 2.24) is 9.97 Å². The first-order chi connectivity index (χ1) is 13.2. The van der Waals surface area contributed by atoms with Crippen LogP contribution in [0.15, 0.2) is 66.7 Å². The number of nitrogens with zero attached hydrogens (tertiary/aromatic N) is 2. The molecule has 1 aromatic heterocycles. The molecule has 0 radical (unpaired) electrons. The van der Waals surface area contributed by atoms with Crippen molar-refractivity contribution in [1.29, 1.82) is 0 Å². The molecule has 3 N–H and O–H groups in total. The van der Waals surface area contributed by atoms with Crippen molar-refractivity contribution in [2.45, 2.75) is 25.7 Å². The third-order valence-electron chi connectivity index (χ3n) is 4.32. The first-order valence-electron chi connectivity index (χ1n) is 9.24. The Morgan fingerprint density at radius 2 is 1.59 bits per heavy atom. The van der Waals surface area contributed by atoms with Crippen molar-refractivity contribution in [3.8, 4) is 11.3 Å². The van der Waals surface area contributed by atoms with Crippen LogP contribution < -0.4 is 11.1 Å². The van der Waals surface area contributed by atoms with Crippen molar-refractivity contribution in [3.05, 3.63) is 78.0 Å². The highest BCUT2D eigenvalue weighted by molar-refractivity contribution is 5.92. The molecule has 5 nitrogen and oxygen atoms in total. The van der Waals surface area contributed by atoms with E-state index in [1.165, 1.54) is 5.56 Å². The lowest BCUT2D eigenvalue weighted by molar-refractivity contribution is 0.0995. The zero-order valence-corrected chi connectivity index (χ0v) is 15.3. The van der Waals surface area contributed by atoms with E-state index in [9.17, 15) is 4.79 Å². The molecule has 1 heterocycles. The monoisotopic (exact) mass is 360 g/mol. The van der Waals surface area contributed by atoms with Gasteiger partial charge in [0.05, 0.1) is 5.69 Å². The minimum absolute atomic E-state index is 0.218. The summed E-state index contributed by atoms with van der Waals surface area (Å²) >= 11 is 0. The molecule has 0 bridgehead atoms. The van der Waals surface area contributed by atoms with Crippen LogP contribution in [-0.2, 0) is 6.42 Å². The quantitative estimate of drug-likeness (QED) is 0.564. The van der Waals surface area contributed by atoms with Crippen molar-refractivity contribution < 1.29 is 4.79 Å². The number of amides is 1. The minimum Gasteiger partial charge on any atom is -0.364 e. The van der Waals surface area contributed by atoms with Gasteiger partial charge in [0.25, 0.3) is 5.91 Å². The van der Waals surface area contributed by atoms with E-state index in [1.807, 2.05) is 36.4 Å². The molecule has 0 aliphatic rings. The number of hydrogen-bond donors (Lipinski definition) is 2. The predicted molar refractivity (Wildman–Crippen MR) is 108 cm³/mol. The topological polar surface area (TPSA) is 80.9 Å². The van der Waals surface area contributed by atoms with Gasteiger partial charge in [-0.3, -0.25) is 4.79 Å². The zero-order chi connectivity index (χ0) is 18.9. The van der Waals surface area contributed by atoms with Crippen LogP contribution in [0, 0.1) is 0 Å². The summed E-state index contributed by atoms with van der Waals surface area (Å²) in [6, 6.07) is 21.8. The Bertz CT molecular complexity index is 866. The van der Waals surface area contributed by atoms with Crippen molar-refractivity contribution in [2.75, 3.05) is 11.9 Å². The van der Waals surface area contributed by atoms with Gasteiger partial charge in [0.15, 0.2) is 0 Å². The summed E-state index contributed by atoms with van der Waals surface area (Å²) in [4.78, 5) is 20.3. The van der Waals surface area contributed by atoms with E-state index in [-0.39, 0.29) is 5.69 Å². The first-order valence-corrected chi connectivity index (χ1v) is 9.24. The van der Waals surface area contributed by atoms with Crippen molar-refractivity contribution in [2.24, 2.45) is 5.73 Å². The van der Waals surface area contributed by atoms with Crippen LogP contribution in [0.1, 0.15) is 35.3 Å². The summed E-state index contributed by atoms with van der Waals surface area (Å²) in [6.07, 6.45) is 4.36. The van der Waals surface area contributed by atoms with Gasteiger partial charge in [-0.2, -0.15) is 0 Å². The first kappa shape index (κ1) is 18.6. The molecular formula is C22H24N4O. The summed E-state index contributed by atoms with van der Waals surface area (Å²) in [6.45, 7) is 0.755. The van der Waals surface area contributed by atoms with E-state index in [4.69, 9.17) is 5.73 Å². The number of benzene rings is 2. The van der Waals surface area contributed by atoms with Crippen LogP contribution in [0.2, 0.25) is 0 Å². The number of nitrogens with one attached hydrogen (secondary N) is 1. The molecule has 27 heavy (non-hydrogen) atoms. The smallest absolute Gasteiger partial charge is 0.267 e. The van der Waals surface area contributed by atoms with Crippen molar-refractivity contribution >= 4 is 11.9 Å². The number of primary amides is 1. The lowest BCUT2D eigenvalue weighted by Crippen LogP contribution is -2.16. The molecule has 3 aromatic rings. The van der Waals surface area contributed by atoms with Gasteiger partial charge in [-0.1, -0.05) is 67.1 Å². The average Bonchev–Trinajstić information content (AvgIpc) is 2.72. The predicted octanol–water partition coefficient (Wildman–Crippen LogP) is 4.07. The van der Waals surface area contributed by atoms with Gasteiger partial charge < -0.3 is 11.1 Å². The molecule has 138 valence electrons. The highest BCUT2D eigenvalue weighted by atomic mass is 16.1. The zero-order valence-electron chi connectivity index (χ0n) is 15.3. The number of rotatable bonds is 9. The molecule has 0 fully saturated rings. The third kappa shape index (κ3) is 5.64. The number of carbonyl (C=O) groups is 1. The molecule has 0 aliphatic carbocycles. The van der Waals surface area contributed by atoms with Gasteiger partial charge in [0.2, 0.25) is 5.95 Å². The molecule has 0 aliphatic heterocycles. The van der Waals surface area contributed by atoms with E-state index in [1.54, 1.807) is 6.07 Å². The van der Waals surface area contributed by atoms with Crippen LogP contribution in [0.5, 0.6) is 0 Å². The second kappa shape index (κ2) is 9.48. The lowest BCUT2D eigenvalue weighted by atomic mass is 10.1. The normalized spacial score (nSPS) is 10.5. The Balaban J connectivity index is 1.54. The van der Waals surface area contributed by atoms with Gasteiger partial charge in [-0.25, -0.2) is 9.97 Å². The third-order valence-corrected chi connectivity index (χ3v) is 4.32. The molecule has 0 unspecified atom stereocenters. The maximum atomic E-state index is 11.6. The van der Waals surface area contributed by atoms with E-state index >= 15 is 0 Å². The molecule has 2 aromatic carbocycles. The summed E-state index contributed by atoms with van der Waals surface area (Å²) in [7, 11) is 0. The van der Waals surface area contributed by atoms with Crippen LogP contribution in [0.3, 0.4) is 0 Å². The van der Waals surface area contributed by atoms with Gasteiger partial charge in [0, 0.05) is 12.1 Å². The Morgan fingerprint density at radius 3 is 2.30 bits per heavy atom. The summed E-state index contributed by atoms with van der Waals surface area (Å²) in [5.74, 6) is -0.117. The second-order valence-corrected chi connectivity index (χ2v) is 6.42. The van der Waals surface area contributed by atoms with Gasteiger partial charge >= 0.3 is 0 Å². The highest BCUT2D eigenvalue weighted by Gasteiger charge is 2.10. The Hall–Kier alpha value is -3.21. The average molecular weight is 360 g/mol. The fraction of sp³-hybridized carbons (Fsp3) is 0.227. The number of aromatic nitrogens is 2. The van der Waals surface area contributed by atoms with Crippen LogP contribution in [-0.4, -0.2) is 22.4 Å². The Kier molecular flexibility index (Phi) is 6.52. The molecule has 0 spiro atoms. The van der Waals surface area contributed by atoms with E-state index in [2.05, 4.69) is 39.6 Å². The van der Waals surface area contributed by atoms with E-state index in [0.717, 1.165) is 37.8 Å². The number of unbranched alkanes of at least 4 members (excludes halogenated alkanes) is 2. The number of hydrogen-bond acceptors (Lipinski definition) is 4. The van der Waals surface area contributed by atoms with E-state index < -0.39 is 5.91 Å². The second-order valence-electron chi connectivity index (χ2n) is 6.42. The van der Waals surface area contributed by atoms with Crippen molar-refractivity contribution in [3.63, 3.8) is 0 Å². The maximum Gasteiger partial charge on any atom is 0.267 e. The number of carbonyl (C=O) groups excluding carboxylic acids is 1. The number of anilines is 1. The molecule has 1 amide bonds. The Morgan fingerprint density at radius 1 is 0.889 bits per heavy atom.